The Bertz CT molecular complexity index is 1080. The van der Waals surface area contributed by atoms with E-state index in [-0.39, 0.29) is 17.9 Å². The van der Waals surface area contributed by atoms with Gasteiger partial charge in [0.05, 0.1) is 31.0 Å². The lowest BCUT2D eigenvalue weighted by molar-refractivity contribution is -0.556. The molecule has 10 heteroatoms. The van der Waals surface area contributed by atoms with E-state index in [1.807, 2.05) is 23.9 Å². The molecule has 0 saturated heterocycles. The molecule has 2 aromatic rings. The van der Waals surface area contributed by atoms with Crippen LogP contribution in [0.15, 0.2) is 46.4 Å². The van der Waals surface area contributed by atoms with E-state index < -0.39 is 23.8 Å². The number of carboxylic acid groups (broad SMARTS) is 1. The molecule has 0 radical (unpaired) electrons. The van der Waals surface area contributed by atoms with Crippen molar-refractivity contribution in [3.63, 3.8) is 0 Å². The van der Waals surface area contributed by atoms with Gasteiger partial charge in [-0.3, -0.25) is 0 Å². The molecule has 3 rings (SSSR count). The maximum absolute atomic E-state index is 12.5. The van der Waals surface area contributed by atoms with E-state index in [0.29, 0.717) is 22.4 Å². The summed E-state index contributed by atoms with van der Waals surface area (Å²) in [5, 5.41) is 38.8. The molecule has 9 nitrogen and oxygen atoms in total. The van der Waals surface area contributed by atoms with Crippen LogP contribution in [-0.4, -0.2) is 42.1 Å². The number of urea groups is 1. The fourth-order valence-electron chi connectivity index (χ4n) is 3.38. The quantitative estimate of drug-likeness (QED) is 0.345. The number of aromatic carboxylic acids is 1. The molecule has 0 aliphatic carbocycles. The number of hydrogen-bond acceptors (Lipinski definition) is 6. The molecule has 2 amide bonds. The zero-order chi connectivity index (χ0) is 22.5. The molecule has 0 unspecified atom stereocenters. The van der Waals surface area contributed by atoms with Gasteiger partial charge in [-0.05, 0) is 47.0 Å². The average molecular weight is 444 g/mol. The summed E-state index contributed by atoms with van der Waals surface area (Å²) in [5.41, 5.74) is 2.52. The lowest BCUT2D eigenvalue weighted by atomic mass is 9.88. The normalized spacial score (nSPS) is 16.5. The molecule has 0 bridgehead atoms. The van der Waals surface area contributed by atoms with Crippen molar-refractivity contribution < 1.29 is 29.9 Å². The third kappa shape index (κ3) is 4.44. The van der Waals surface area contributed by atoms with Crippen LogP contribution in [0, 0.1) is 5.41 Å². The molecule has 1 aromatic heterocycles. The Morgan fingerprint density at radius 2 is 2.19 bits per heavy atom. The molecule has 0 fully saturated rings. The van der Waals surface area contributed by atoms with Crippen LogP contribution in [0.2, 0.25) is 0 Å². The van der Waals surface area contributed by atoms with Crippen LogP contribution in [0.3, 0.4) is 0 Å². The summed E-state index contributed by atoms with van der Waals surface area (Å²) in [6, 6.07) is 3.48. The summed E-state index contributed by atoms with van der Waals surface area (Å²) in [6.45, 7) is 1.94. The van der Waals surface area contributed by atoms with Crippen molar-refractivity contribution >= 4 is 35.1 Å². The van der Waals surface area contributed by atoms with E-state index in [1.165, 1.54) is 23.5 Å². The Morgan fingerprint density at radius 3 is 2.77 bits per heavy atom. The van der Waals surface area contributed by atoms with E-state index in [2.05, 4.69) is 10.6 Å². The van der Waals surface area contributed by atoms with Crippen LogP contribution < -0.4 is 20.7 Å². The summed E-state index contributed by atoms with van der Waals surface area (Å²) in [4.78, 5) is 24.3. The van der Waals surface area contributed by atoms with E-state index in [9.17, 15) is 19.8 Å². The Morgan fingerprint density at radius 1 is 1.42 bits per heavy atom. The molecule has 2 heterocycles. The van der Waals surface area contributed by atoms with Crippen molar-refractivity contribution in [3.8, 4) is 11.5 Å². The van der Waals surface area contributed by atoms with Gasteiger partial charge < -0.3 is 36.3 Å². The number of carboxylic acids is 1. The first-order valence-electron chi connectivity index (χ1n) is 9.48. The first kappa shape index (κ1) is 22.1. The van der Waals surface area contributed by atoms with Gasteiger partial charge in [0.1, 0.15) is 11.8 Å². The predicted molar refractivity (Wildman–Crippen MR) is 117 cm³/mol. The SMILES string of the molecule is CCOc1cc([C@H]2NC(=O)NC(/C(C=N)=C/[NH2+]C)=C2c2ccsc2)cc(C(=O)O)c1O. The second-order valence-electron chi connectivity index (χ2n) is 6.59. The number of carbonyl (C=O) groups is 2. The Kier molecular flexibility index (Phi) is 6.73. The highest BCUT2D eigenvalue weighted by Crippen LogP contribution is 2.41. The fourth-order valence-corrected chi connectivity index (χ4v) is 4.03. The smallest absolute Gasteiger partial charge is 0.339 e. The average Bonchev–Trinajstić information content (AvgIpc) is 3.27. The van der Waals surface area contributed by atoms with Crippen LogP contribution in [0.4, 0.5) is 4.79 Å². The first-order valence-corrected chi connectivity index (χ1v) is 10.4. The summed E-state index contributed by atoms with van der Waals surface area (Å²) in [6.07, 6.45) is 2.86. The van der Waals surface area contributed by atoms with E-state index in [4.69, 9.17) is 10.1 Å². The number of amides is 2. The van der Waals surface area contributed by atoms with Gasteiger partial charge in [-0.2, -0.15) is 11.3 Å². The highest BCUT2D eigenvalue weighted by Gasteiger charge is 2.32. The van der Waals surface area contributed by atoms with Crippen LogP contribution in [0.5, 0.6) is 11.5 Å². The minimum absolute atomic E-state index is 0.0149. The Hall–Kier alpha value is -3.63. The van der Waals surface area contributed by atoms with Gasteiger partial charge in [-0.15, -0.1) is 0 Å². The molecule has 1 atom stereocenters. The van der Waals surface area contributed by atoms with Gasteiger partial charge in [0, 0.05) is 11.8 Å². The number of hydrogen-bond donors (Lipinski definition) is 6. The number of phenols is 1. The van der Waals surface area contributed by atoms with Gasteiger partial charge in [0.25, 0.3) is 0 Å². The molecule has 1 aliphatic heterocycles. The Balaban J connectivity index is 2.30. The molecule has 7 N–H and O–H groups in total. The monoisotopic (exact) mass is 443 g/mol. The second-order valence-corrected chi connectivity index (χ2v) is 7.37. The zero-order valence-electron chi connectivity index (χ0n) is 16.9. The molecule has 1 aliphatic rings. The number of rotatable bonds is 8. The van der Waals surface area contributed by atoms with Crippen molar-refractivity contribution in [2.75, 3.05) is 13.7 Å². The van der Waals surface area contributed by atoms with Crippen molar-refractivity contribution in [3.05, 3.63) is 63.1 Å². The number of benzene rings is 1. The molecule has 0 saturated carbocycles. The van der Waals surface area contributed by atoms with Crippen molar-refractivity contribution in [2.45, 2.75) is 13.0 Å². The van der Waals surface area contributed by atoms with E-state index >= 15 is 0 Å². The number of quaternary nitrogens is 1. The van der Waals surface area contributed by atoms with Crippen LogP contribution >= 0.6 is 11.3 Å². The first-order chi connectivity index (χ1) is 14.9. The molecule has 1 aromatic carbocycles. The Labute approximate surface area is 182 Å². The standard InChI is InChI=1S/C21H22N4O5S/c1-3-30-15-7-12(6-14(19(15)26)20(27)28)17-16(11-4-5-31-10-11)18(25-21(29)24-17)13(8-22)9-23-2/h4-10,17,22-23,26H,3H2,1-2H3,(H,27,28)(H2,24,25,29)/p+1/b13-9+,22-8?/t17-/m1/s1. The third-order valence-corrected chi connectivity index (χ3v) is 5.34. The topological polar surface area (TPSA) is 148 Å². The fraction of sp³-hybridized carbons (Fsp3) is 0.190. The summed E-state index contributed by atoms with van der Waals surface area (Å²) < 4.78 is 5.44. The number of carbonyl (C=O) groups excluding carboxylic acids is 1. The lowest BCUT2D eigenvalue weighted by Gasteiger charge is -2.31. The van der Waals surface area contributed by atoms with Gasteiger partial charge in [0.15, 0.2) is 11.5 Å². The van der Waals surface area contributed by atoms with Gasteiger partial charge in [-0.1, -0.05) is 0 Å². The number of allylic oxidation sites excluding steroid dienone is 1. The number of nitrogens with two attached hydrogens (primary N) is 1. The predicted octanol–water partition coefficient (Wildman–Crippen LogP) is 2.04. The van der Waals surface area contributed by atoms with Crippen LogP contribution in [-0.2, 0) is 0 Å². The molecule has 31 heavy (non-hydrogen) atoms. The maximum atomic E-state index is 12.5. The van der Waals surface area contributed by atoms with Gasteiger partial charge >= 0.3 is 12.0 Å². The minimum atomic E-state index is -1.32. The van der Waals surface area contributed by atoms with E-state index in [1.54, 1.807) is 18.4 Å². The largest absolute Gasteiger partial charge is 0.504 e. The van der Waals surface area contributed by atoms with Crippen LogP contribution in [0.1, 0.15) is 34.5 Å². The van der Waals surface area contributed by atoms with Gasteiger partial charge in [-0.25, -0.2) is 9.59 Å². The lowest BCUT2D eigenvalue weighted by Crippen LogP contribution is -2.73. The summed E-state index contributed by atoms with van der Waals surface area (Å²) in [5.74, 6) is -1.77. The summed E-state index contributed by atoms with van der Waals surface area (Å²) in [7, 11) is 1.81. The second kappa shape index (κ2) is 9.45. The van der Waals surface area contributed by atoms with Crippen LogP contribution in [0.25, 0.3) is 5.57 Å². The molecular formula is C21H23N4O5S+. The summed E-state index contributed by atoms with van der Waals surface area (Å²) >= 11 is 1.47. The number of aromatic hydroxyl groups is 1. The number of thiophene rings is 1. The van der Waals surface area contributed by atoms with Crippen molar-refractivity contribution in [1.29, 1.82) is 5.41 Å². The molecule has 0 spiro atoms. The number of nitrogens with one attached hydrogen (secondary N) is 3. The third-order valence-electron chi connectivity index (χ3n) is 4.66. The van der Waals surface area contributed by atoms with Gasteiger partial charge in [0.2, 0.25) is 0 Å². The molecular weight excluding hydrogens is 420 g/mol. The zero-order valence-corrected chi connectivity index (χ0v) is 17.7. The maximum Gasteiger partial charge on any atom is 0.339 e. The van der Waals surface area contributed by atoms with Crippen molar-refractivity contribution in [1.82, 2.24) is 10.6 Å². The highest BCUT2D eigenvalue weighted by atomic mass is 32.1. The van der Waals surface area contributed by atoms with E-state index in [0.717, 1.165) is 11.8 Å². The highest BCUT2D eigenvalue weighted by molar-refractivity contribution is 7.08. The minimum Gasteiger partial charge on any atom is -0.504 e. The van der Waals surface area contributed by atoms with Crippen molar-refractivity contribution in [2.24, 2.45) is 0 Å². The number of ether oxygens (including phenoxy) is 1. The molecule has 162 valence electrons.